The second-order valence-corrected chi connectivity index (χ2v) is 10.1. The molecule has 204 valence electrons. The molecule has 0 unspecified atom stereocenters. The van der Waals surface area contributed by atoms with Gasteiger partial charge in [0.1, 0.15) is 30.5 Å². The molecule has 2 amide bonds. The highest BCUT2D eigenvalue weighted by Crippen LogP contribution is 2.46. The van der Waals surface area contributed by atoms with Gasteiger partial charge in [0.2, 0.25) is 11.8 Å². The summed E-state index contributed by atoms with van der Waals surface area (Å²) in [7, 11) is 1.48. The molecule has 4 rings (SSSR count). The second-order valence-electron chi connectivity index (χ2n) is 10.1. The van der Waals surface area contributed by atoms with E-state index in [-0.39, 0.29) is 31.6 Å². The number of imide groups is 1. The Labute approximate surface area is 223 Å². The Balaban J connectivity index is 1.60. The fourth-order valence-corrected chi connectivity index (χ4v) is 5.76. The molecule has 0 bridgehead atoms. The maximum Gasteiger partial charge on any atom is 0.233 e. The molecule has 1 aliphatic carbocycles. The van der Waals surface area contributed by atoms with Gasteiger partial charge in [0.15, 0.2) is 0 Å². The van der Waals surface area contributed by atoms with Crippen LogP contribution in [0.15, 0.2) is 63.6 Å². The lowest BCUT2D eigenvalue weighted by Gasteiger charge is -2.36. The topological polar surface area (TPSA) is 120 Å². The van der Waals surface area contributed by atoms with Crippen LogP contribution in [-0.4, -0.2) is 58.4 Å². The van der Waals surface area contributed by atoms with E-state index in [1.54, 1.807) is 6.07 Å². The van der Waals surface area contributed by atoms with Gasteiger partial charge in [-0.2, -0.15) is 0 Å². The smallest absolute Gasteiger partial charge is 0.233 e. The van der Waals surface area contributed by atoms with Crippen molar-refractivity contribution in [3.63, 3.8) is 0 Å². The number of aliphatic hydroxyl groups excluding tert-OH is 3. The number of nitrogens with zero attached hydrogens (tertiary/aromatic N) is 1. The van der Waals surface area contributed by atoms with E-state index in [2.05, 4.69) is 6.92 Å². The highest BCUT2D eigenvalue weighted by Gasteiger charge is 2.53. The molecule has 1 aromatic heterocycles. The summed E-state index contributed by atoms with van der Waals surface area (Å²) < 4.78 is 11.6. The third kappa shape index (κ3) is 5.93. The molecule has 0 spiro atoms. The fourth-order valence-electron chi connectivity index (χ4n) is 5.76. The molecule has 0 radical (unpaired) electrons. The minimum absolute atomic E-state index is 0.162. The molecule has 8 nitrogen and oxygen atoms in total. The van der Waals surface area contributed by atoms with E-state index in [0.29, 0.717) is 42.1 Å². The van der Waals surface area contributed by atoms with Crippen molar-refractivity contribution >= 4 is 17.9 Å². The first-order valence-electron chi connectivity index (χ1n) is 13.3. The Morgan fingerprint density at radius 1 is 1.13 bits per heavy atom. The zero-order chi connectivity index (χ0) is 27.2. The van der Waals surface area contributed by atoms with Crippen LogP contribution in [0, 0.1) is 17.8 Å². The van der Waals surface area contributed by atoms with Crippen LogP contribution >= 0.6 is 0 Å². The van der Waals surface area contributed by atoms with Crippen molar-refractivity contribution in [1.82, 2.24) is 4.90 Å². The first-order valence-corrected chi connectivity index (χ1v) is 13.3. The quantitative estimate of drug-likeness (QED) is 0.286. The Bertz CT molecular complexity index is 1180. The summed E-state index contributed by atoms with van der Waals surface area (Å²) in [6.07, 6.45) is 4.04. The Hall–Kier alpha value is -3.20. The molecule has 8 heteroatoms. The number of fused-ring (bicyclic) bond motifs is 1. The first kappa shape index (κ1) is 27.8. The fraction of sp³-hybridized carbons (Fsp3) is 0.467. The number of hydrogen-bond acceptors (Lipinski definition) is 7. The molecule has 38 heavy (non-hydrogen) atoms. The molecule has 2 aliphatic rings. The van der Waals surface area contributed by atoms with E-state index >= 15 is 0 Å². The van der Waals surface area contributed by atoms with Gasteiger partial charge in [-0.15, -0.1) is 0 Å². The number of para-hydroxylation sites is 1. The van der Waals surface area contributed by atoms with Crippen LogP contribution in [0.3, 0.4) is 0 Å². The number of rotatable bonds is 12. The van der Waals surface area contributed by atoms with Crippen LogP contribution in [-0.2, 0) is 16.2 Å². The van der Waals surface area contributed by atoms with E-state index in [1.165, 1.54) is 7.05 Å². The van der Waals surface area contributed by atoms with Crippen LogP contribution < -0.4 is 4.74 Å². The van der Waals surface area contributed by atoms with E-state index in [1.807, 2.05) is 42.5 Å². The average Bonchev–Trinajstić information content (AvgIpc) is 3.48. The van der Waals surface area contributed by atoms with Crippen molar-refractivity contribution in [3.05, 3.63) is 70.7 Å². The summed E-state index contributed by atoms with van der Waals surface area (Å²) in [6.45, 7) is 1.73. The van der Waals surface area contributed by atoms with Gasteiger partial charge in [0.25, 0.3) is 0 Å². The van der Waals surface area contributed by atoms with Gasteiger partial charge in [-0.1, -0.05) is 37.1 Å². The molecule has 1 aliphatic heterocycles. The Morgan fingerprint density at radius 2 is 1.89 bits per heavy atom. The van der Waals surface area contributed by atoms with Gasteiger partial charge in [-0.05, 0) is 67.2 Å². The van der Waals surface area contributed by atoms with Crippen LogP contribution in [0.1, 0.15) is 50.5 Å². The Kier molecular flexibility index (Phi) is 9.20. The number of likely N-dealkylation sites (tertiary alicyclic amines) is 1. The normalized spacial score (nSPS) is 22.7. The summed E-state index contributed by atoms with van der Waals surface area (Å²) >= 11 is 0. The van der Waals surface area contributed by atoms with Gasteiger partial charge >= 0.3 is 0 Å². The predicted octanol–water partition coefficient (Wildman–Crippen LogP) is 3.72. The van der Waals surface area contributed by atoms with Crippen molar-refractivity contribution in [1.29, 1.82) is 0 Å². The molecular weight excluding hydrogens is 486 g/mol. The van der Waals surface area contributed by atoms with E-state index in [4.69, 9.17) is 9.15 Å². The number of furan rings is 1. The lowest BCUT2D eigenvalue weighted by molar-refractivity contribution is -0.138. The standard InChI is InChI=1S/C30H37NO7/c1-3-7-19(14-22-11-12-23(16-32)38-22)10-13-26(34)27-20(18-37-21-8-5-4-6-9-21)15-24-28(25(27)17-33)30(36)31(2)29(24)35/h4-6,8-9,11-12,14,24-26,28,32-34H,3,7,10,13,15-18H2,1-2H3/b19-14+/t24-,25+,26-,28-/m1/s1. The number of amides is 2. The zero-order valence-corrected chi connectivity index (χ0v) is 22.0. The zero-order valence-electron chi connectivity index (χ0n) is 22.0. The minimum Gasteiger partial charge on any atom is -0.489 e. The van der Waals surface area contributed by atoms with Crippen molar-refractivity contribution < 1.29 is 34.1 Å². The predicted molar refractivity (Wildman–Crippen MR) is 142 cm³/mol. The maximum absolute atomic E-state index is 13.0. The van der Waals surface area contributed by atoms with Gasteiger partial charge in [-0.3, -0.25) is 14.5 Å². The highest BCUT2D eigenvalue weighted by molar-refractivity contribution is 6.05. The number of carbonyl (C=O) groups is 2. The van der Waals surface area contributed by atoms with Gasteiger partial charge in [-0.25, -0.2) is 0 Å². The molecule has 4 atom stereocenters. The van der Waals surface area contributed by atoms with E-state index in [0.717, 1.165) is 28.9 Å². The average molecular weight is 524 g/mol. The third-order valence-electron chi connectivity index (χ3n) is 7.61. The molecule has 2 aromatic rings. The summed E-state index contributed by atoms with van der Waals surface area (Å²) in [5.74, 6) is -0.669. The van der Waals surface area contributed by atoms with Crippen LogP contribution in [0.25, 0.3) is 6.08 Å². The molecule has 3 N–H and O–H groups in total. The molecule has 1 saturated heterocycles. The lowest BCUT2D eigenvalue weighted by atomic mass is 9.68. The van der Waals surface area contributed by atoms with Gasteiger partial charge < -0.3 is 24.5 Å². The molecule has 0 saturated carbocycles. The summed E-state index contributed by atoms with van der Waals surface area (Å²) in [5, 5.41) is 31.2. The summed E-state index contributed by atoms with van der Waals surface area (Å²) in [6, 6.07) is 12.8. The van der Waals surface area contributed by atoms with E-state index in [9.17, 15) is 24.9 Å². The Morgan fingerprint density at radius 3 is 2.55 bits per heavy atom. The highest BCUT2D eigenvalue weighted by atomic mass is 16.5. The van der Waals surface area contributed by atoms with Gasteiger partial charge in [0.05, 0.1) is 24.5 Å². The number of carbonyl (C=O) groups excluding carboxylic acids is 2. The monoisotopic (exact) mass is 523 g/mol. The minimum atomic E-state index is -0.916. The number of allylic oxidation sites excluding steroid dienone is 1. The largest absolute Gasteiger partial charge is 0.489 e. The van der Waals surface area contributed by atoms with Crippen molar-refractivity contribution in [3.8, 4) is 5.75 Å². The number of hydrogen-bond donors (Lipinski definition) is 3. The summed E-state index contributed by atoms with van der Waals surface area (Å²) in [4.78, 5) is 27.0. The third-order valence-corrected chi connectivity index (χ3v) is 7.61. The first-order chi connectivity index (χ1) is 18.4. The van der Waals surface area contributed by atoms with Gasteiger partial charge in [0, 0.05) is 13.0 Å². The number of benzene rings is 1. The second kappa shape index (κ2) is 12.6. The van der Waals surface area contributed by atoms with E-state index < -0.39 is 23.9 Å². The van der Waals surface area contributed by atoms with Crippen molar-refractivity contribution in [2.45, 2.75) is 51.7 Å². The lowest BCUT2D eigenvalue weighted by Crippen LogP contribution is -2.39. The maximum atomic E-state index is 13.0. The number of aliphatic hydroxyl groups is 3. The molecular formula is C30H37NO7. The molecule has 1 fully saturated rings. The van der Waals surface area contributed by atoms with Crippen LogP contribution in [0.5, 0.6) is 5.75 Å². The van der Waals surface area contributed by atoms with Crippen molar-refractivity contribution in [2.24, 2.45) is 17.8 Å². The number of ether oxygens (including phenoxy) is 1. The SMILES string of the molecule is CCC/C(=C\c1ccc(CO)o1)CC[C@@H](O)C1=C(COc2ccccc2)C[C@H]2C(=O)N(C)C(=O)[C@H]2[C@H]1CO. The van der Waals surface area contributed by atoms with Crippen molar-refractivity contribution in [2.75, 3.05) is 20.3 Å². The van der Waals surface area contributed by atoms with Crippen LogP contribution in [0.2, 0.25) is 0 Å². The van der Waals surface area contributed by atoms with Crippen LogP contribution in [0.4, 0.5) is 0 Å². The summed E-state index contributed by atoms with van der Waals surface area (Å²) in [5.41, 5.74) is 2.46. The molecule has 1 aromatic carbocycles. The molecule has 2 heterocycles.